The summed E-state index contributed by atoms with van der Waals surface area (Å²) in [5.74, 6) is 0.0533. The van der Waals surface area contributed by atoms with E-state index < -0.39 is 5.91 Å². The van der Waals surface area contributed by atoms with Crippen molar-refractivity contribution in [1.82, 2.24) is 14.9 Å². The van der Waals surface area contributed by atoms with Crippen molar-refractivity contribution in [3.63, 3.8) is 0 Å². The number of nitrogens with two attached hydrogens (primary N) is 1. The average molecular weight is 380 g/mol. The topological polar surface area (TPSA) is 113 Å². The zero-order valence-corrected chi connectivity index (χ0v) is 16.0. The molecule has 0 aliphatic carbocycles. The summed E-state index contributed by atoms with van der Waals surface area (Å²) >= 11 is 0. The molecule has 1 aromatic heterocycles. The summed E-state index contributed by atoms with van der Waals surface area (Å²) in [5.41, 5.74) is 8.59. The van der Waals surface area contributed by atoms with Crippen LogP contribution in [0.4, 0.5) is 17.3 Å². The number of anilines is 3. The molecular weight excluding hydrogens is 356 g/mol. The van der Waals surface area contributed by atoms with Crippen LogP contribution in [0, 0.1) is 13.8 Å². The molecule has 0 saturated carbocycles. The number of primary amides is 1. The Hall–Kier alpha value is -3.42. The van der Waals surface area contributed by atoms with Gasteiger partial charge in [-0.1, -0.05) is 12.6 Å². The molecule has 4 N–H and O–H groups in total. The van der Waals surface area contributed by atoms with Crippen molar-refractivity contribution in [3.05, 3.63) is 53.9 Å². The normalized spacial score (nSPS) is 15.9. The number of rotatable bonds is 6. The van der Waals surface area contributed by atoms with Crippen LogP contribution >= 0.6 is 0 Å². The summed E-state index contributed by atoms with van der Waals surface area (Å²) in [6.45, 7) is 8.77. The van der Waals surface area contributed by atoms with Gasteiger partial charge in [0.2, 0.25) is 5.91 Å². The number of benzene rings is 1. The molecule has 8 heteroatoms. The van der Waals surface area contributed by atoms with E-state index in [1.165, 1.54) is 17.8 Å². The van der Waals surface area contributed by atoms with E-state index in [4.69, 9.17) is 5.73 Å². The van der Waals surface area contributed by atoms with Crippen LogP contribution in [-0.4, -0.2) is 45.8 Å². The molecule has 1 fully saturated rings. The van der Waals surface area contributed by atoms with Gasteiger partial charge in [-0.3, -0.25) is 9.59 Å². The maximum absolute atomic E-state index is 11.7. The molecule has 1 atom stereocenters. The third kappa shape index (κ3) is 4.28. The van der Waals surface area contributed by atoms with Gasteiger partial charge in [-0.2, -0.15) is 0 Å². The lowest BCUT2D eigenvalue weighted by molar-refractivity contribution is -0.125. The number of nitrogens with one attached hydrogen (secondary N) is 2. The van der Waals surface area contributed by atoms with E-state index in [1.807, 2.05) is 32.0 Å². The summed E-state index contributed by atoms with van der Waals surface area (Å²) in [6, 6.07) is 5.91. The second-order valence-corrected chi connectivity index (χ2v) is 6.86. The second kappa shape index (κ2) is 8.08. The van der Waals surface area contributed by atoms with Crippen LogP contribution in [-0.2, 0) is 4.79 Å². The highest BCUT2D eigenvalue weighted by atomic mass is 16.2. The predicted octanol–water partition coefficient (Wildman–Crippen LogP) is 2.13. The first-order valence-electron chi connectivity index (χ1n) is 9.06. The summed E-state index contributed by atoms with van der Waals surface area (Å²) in [6.07, 6.45) is 3.58. The van der Waals surface area contributed by atoms with Gasteiger partial charge in [0.15, 0.2) is 11.5 Å². The fourth-order valence-electron chi connectivity index (χ4n) is 3.10. The van der Waals surface area contributed by atoms with Gasteiger partial charge in [0.1, 0.15) is 5.82 Å². The minimum Gasteiger partial charge on any atom is -0.364 e. The molecule has 8 nitrogen and oxygen atoms in total. The smallest absolute Gasteiger partial charge is 0.271 e. The van der Waals surface area contributed by atoms with Gasteiger partial charge < -0.3 is 21.3 Å². The Morgan fingerprint density at radius 3 is 2.79 bits per heavy atom. The van der Waals surface area contributed by atoms with Crippen LogP contribution in [0.5, 0.6) is 0 Å². The number of nitrogens with zero attached hydrogens (tertiary/aromatic N) is 3. The summed E-state index contributed by atoms with van der Waals surface area (Å²) in [5, 5.41) is 6.40. The molecule has 0 bridgehead atoms. The van der Waals surface area contributed by atoms with Crippen LogP contribution in [0.2, 0.25) is 0 Å². The molecule has 1 aliphatic rings. The van der Waals surface area contributed by atoms with Crippen molar-refractivity contribution in [3.8, 4) is 0 Å². The van der Waals surface area contributed by atoms with Crippen molar-refractivity contribution in [1.29, 1.82) is 0 Å². The number of hydrogen-bond donors (Lipinski definition) is 3. The number of carbonyl (C=O) groups is 2. The van der Waals surface area contributed by atoms with E-state index in [0.29, 0.717) is 18.9 Å². The molecule has 1 aliphatic heterocycles. The van der Waals surface area contributed by atoms with Gasteiger partial charge in [0.05, 0.1) is 6.20 Å². The quantitative estimate of drug-likeness (QED) is 0.662. The highest BCUT2D eigenvalue weighted by Crippen LogP contribution is 2.22. The fraction of sp³-hybridized carbons (Fsp3) is 0.300. The Balaban J connectivity index is 1.79. The highest BCUT2D eigenvalue weighted by Gasteiger charge is 2.25. The molecule has 2 heterocycles. The minimum absolute atomic E-state index is 0.0482. The molecule has 0 radical (unpaired) electrons. The van der Waals surface area contributed by atoms with Crippen molar-refractivity contribution in [2.45, 2.75) is 26.3 Å². The lowest BCUT2D eigenvalue weighted by Crippen LogP contribution is -2.30. The van der Waals surface area contributed by atoms with Crippen LogP contribution in [0.25, 0.3) is 0 Å². The Morgan fingerprint density at radius 1 is 1.32 bits per heavy atom. The number of amides is 2. The summed E-state index contributed by atoms with van der Waals surface area (Å²) < 4.78 is 0. The van der Waals surface area contributed by atoms with Gasteiger partial charge in [-0.05, 0) is 49.6 Å². The zero-order chi connectivity index (χ0) is 20.3. The third-order valence-electron chi connectivity index (χ3n) is 4.80. The fourth-order valence-corrected chi connectivity index (χ4v) is 3.10. The Labute approximate surface area is 163 Å². The number of aryl methyl sites for hydroxylation is 2. The van der Waals surface area contributed by atoms with E-state index in [0.717, 1.165) is 17.7 Å². The third-order valence-corrected chi connectivity index (χ3v) is 4.80. The van der Waals surface area contributed by atoms with Gasteiger partial charge in [-0.15, -0.1) is 0 Å². The highest BCUT2D eigenvalue weighted by molar-refractivity contribution is 5.96. The van der Waals surface area contributed by atoms with Crippen molar-refractivity contribution in [2.75, 3.05) is 23.7 Å². The molecule has 3 rings (SSSR count). The first-order valence-corrected chi connectivity index (χ1v) is 9.06. The largest absolute Gasteiger partial charge is 0.364 e. The van der Waals surface area contributed by atoms with Gasteiger partial charge in [-0.25, -0.2) is 9.97 Å². The first kappa shape index (κ1) is 19.3. The number of hydrogen-bond acceptors (Lipinski definition) is 6. The zero-order valence-electron chi connectivity index (χ0n) is 16.0. The van der Waals surface area contributed by atoms with Gasteiger partial charge in [0.25, 0.3) is 5.91 Å². The first-order chi connectivity index (χ1) is 13.4. The molecule has 146 valence electrons. The van der Waals surface area contributed by atoms with E-state index in [1.54, 1.807) is 4.90 Å². The van der Waals surface area contributed by atoms with E-state index in [9.17, 15) is 9.59 Å². The second-order valence-electron chi connectivity index (χ2n) is 6.86. The van der Waals surface area contributed by atoms with Crippen molar-refractivity contribution >= 4 is 29.1 Å². The molecule has 2 aromatic rings. The Bertz CT molecular complexity index is 927. The van der Waals surface area contributed by atoms with E-state index in [-0.39, 0.29) is 23.5 Å². The predicted molar refractivity (Wildman–Crippen MR) is 109 cm³/mol. The lowest BCUT2D eigenvalue weighted by Gasteiger charge is -2.17. The van der Waals surface area contributed by atoms with Crippen LogP contribution in [0.15, 0.2) is 37.1 Å². The molecule has 2 amide bonds. The standard InChI is InChI=1S/C20H24N6O2/c1-4-17(27)26-8-7-15(11-26)23-16-10-22-18(19(21)28)20(25-16)24-14-6-5-12(2)13(3)9-14/h4-6,9-10,15H,1,7-8,11H2,2-3H3,(H2,21,28)(H2,23,24,25)/t15-/m1/s1. The number of carbonyl (C=O) groups excluding carboxylic acids is 2. The van der Waals surface area contributed by atoms with Crippen molar-refractivity contribution < 1.29 is 9.59 Å². The molecular formula is C20H24N6O2. The van der Waals surface area contributed by atoms with Crippen LogP contribution in [0.1, 0.15) is 28.0 Å². The van der Waals surface area contributed by atoms with Crippen molar-refractivity contribution in [2.24, 2.45) is 5.73 Å². The Morgan fingerprint density at radius 2 is 2.11 bits per heavy atom. The SMILES string of the molecule is C=CC(=O)N1CC[C@@H](Nc2cnc(C(N)=O)c(Nc3ccc(C)c(C)c3)n2)C1. The summed E-state index contributed by atoms with van der Waals surface area (Å²) in [7, 11) is 0. The molecule has 0 unspecified atom stereocenters. The van der Waals surface area contributed by atoms with Crippen LogP contribution in [0.3, 0.4) is 0 Å². The molecule has 1 aromatic carbocycles. The summed E-state index contributed by atoms with van der Waals surface area (Å²) in [4.78, 5) is 33.9. The molecule has 1 saturated heterocycles. The van der Waals surface area contributed by atoms with Gasteiger partial charge in [0, 0.05) is 24.8 Å². The lowest BCUT2D eigenvalue weighted by atomic mass is 10.1. The van der Waals surface area contributed by atoms with E-state index in [2.05, 4.69) is 27.2 Å². The molecule has 0 spiro atoms. The monoisotopic (exact) mass is 380 g/mol. The van der Waals surface area contributed by atoms with E-state index >= 15 is 0 Å². The maximum atomic E-state index is 11.7. The maximum Gasteiger partial charge on any atom is 0.271 e. The van der Waals surface area contributed by atoms with Crippen LogP contribution < -0.4 is 16.4 Å². The number of likely N-dealkylation sites (tertiary alicyclic amines) is 1. The minimum atomic E-state index is -0.658. The average Bonchev–Trinajstić information content (AvgIpc) is 3.12. The van der Waals surface area contributed by atoms with Gasteiger partial charge >= 0.3 is 0 Å². The number of aromatic nitrogens is 2. The molecule has 28 heavy (non-hydrogen) atoms. The Kier molecular flexibility index (Phi) is 5.58.